The maximum Gasteiger partial charge on any atom is 0.411 e. The van der Waals surface area contributed by atoms with Crippen molar-refractivity contribution in [3.05, 3.63) is 47.5 Å². The summed E-state index contributed by atoms with van der Waals surface area (Å²) in [6.45, 7) is 4.96. The number of unbranched alkanes of at least 4 members (excludes halogenated alkanes) is 2. The Morgan fingerprint density at radius 1 is 1.04 bits per heavy atom. The summed E-state index contributed by atoms with van der Waals surface area (Å²) in [6.07, 6.45) is 2.90. The zero-order valence-corrected chi connectivity index (χ0v) is 15.9. The maximum atomic E-state index is 11.7. The standard InChI is InChI=1S/C20H25ClN2O3/c1-3-5-6-13-26-17-10-8-16(9-11-17)22-19-14-15(21)7-12-18(19)23-20(24)25-4-2/h7-12,14,22H,3-6,13H2,1-2H3,(H,23,24). The lowest BCUT2D eigenvalue weighted by Gasteiger charge is -2.14. The van der Waals surface area contributed by atoms with E-state index in [0.29, 0.717) is 23.0 Å². The van der Waals surface area contributed by atoms with Crippen molar-refractivity contribution >= 4 is 34.8 Å². The van der Waals surface area contributed by atoms with E-state index in [2.05, 4.69) is 17.6 Å². The molecule has 0 saturated carbocycles. The van der Waals surface area contributed by atoms with E-state index in [1.54, 1.807) is 25.1 Å². The van der Waals surface area contributed by atoms with Crippen molar-refractivity contribution in [3.8, 4) is 5.75 Å². The first kappa shape index (κ1) is 19.9. The molecule has 0 unspecified atom stereocenters. The minimum atomic E-state index is -0.506. The molecule has 2 N–H and O–H groups in total. The van der Waals surface area contributed by atoms with Crippen LogP contribution in [-0.2, 0) is 4.74 Å². The average molecular weight is 377 g/mol. The molecule has 5 nitrogen and oxygen atoms in total. The van der Waals surface area contributed by atoms with Gasteiger partial charge in [-0.05, 0) is 55.8 Å². The summed E-state index contributed by atoms with van der Waals surface area (Å²) in [6, 6.07) is 12.9. The van der Waals surface area contributed by atoms with Gasteiger partial charge in [-0.25, -0.2) is 4.79 Å². The Hall–Kier alpha value is -2.40. The molecule has 6 heteroatoms. The molecule has 140 valence electrons. The zero-order valence-electron chi connectivity index (χ0n) is 15.2. The summed E-state index contributed by atoms with van der Waals surface area (Å²) in [5, 5.41) is 6.52. The summed E-state index contributed by atoms with van der Waals surface area (Å²) in [4.78, 5) is 11.7. The van der Waals surface area contributed by atoms with Gasteiger partial charge in [0.1, 0.15) is 5.75 Å². The van der Waals surface area contributed by atoms with Gasteiger partial charge in [0.15, 0.2) is 0 Å². The fourth-order valence-corrected chi connectivity index (χ4v) is 2.51. The highest BCUT2D eigenvalue weighted by molar-refractivity contribution is 6.31. The van der Waals surface area contributed by atoms with Gasteiger partial charge in [0.25, 0.3) is 0 Å². The molecular weight excluding hydrogens is 352 g/mol. The number of hydrogen-bond donors (Lipinski definition) is 2. The van der Waals surface area contributed by atoms with Gasteiger partial charge in [0.2, 0.25) is 0 Å². The minimum Gasteiger partial charge on any atom is -0.494 e. The summed E-state index contributed by atoms with van der Waals surface area (Å²) in [7, 11) is 0. The van der Waals surface area contributed by atoms with Gasteiger partial charge in [-0.1, -0.05) is 31.4 Å². The van der Waals surface area contributed by atoms with Crippen LogP contribution in [0.5, 0.6) is 5.75 Å². The van der Waals surface area contributed by atoms with Crippen molar-refractivity contribution in [1.29, 1.82) is 0 Å². The predicted molar refractivity (Wildman–Crippen MR) is 107 cm³/mol. The SMILES string of the molecule is CCCCCOc1ccc(Nc2cc(Cl)ccc2NC(=O)OCC)cc1. The molecular formula is C20H25ClN2O3. The molecule has 2 aromatic carbocycles. The lowest BCUT2D eigenvalue weighted by Crippen LogP contribution is -2.14. The summed E-state index contributed by atoms with van der Waals surface area (Å²) in [5.41, 5.74) is 2.13. The number of carbonyl (C=O) groups is 1. The molecule has 0 heterocycles. The summed E-state index contributed by atoms with van der Waals surface area (Å²) < 4.78 is 10.6. The van der Waals surface area contributed by atoms with Crippen LogP contribution < -0.4 is 15.4 Å². The Kier molecular flexibility index (Phi) is 8.09. The second-order valence-corrected chi connectivity index (χ2v) is 6.18. The quantitative estimate of drug-likeness (QED) is 0.510. The first-order valence-electron chi connectivity index (χ1n) is 8.85. The molecule has 26 heavy (non-hydrogen) atoms. The van der Waals surface area contributed by atoms with E-state index in [1.807, 2.05) is 24.3 Å². The molecule has 0 bridgehead atoms. The van der Waals surface area contributed by atoms with Gasteiger partial charge >= 0.3 is 6.09 Å². The number of anilines is 3. The van der Waals surface area contributed by atoms with Gasteiger partial charge in [-0.3, -0.25) is 5.32 Å². The van der Waals surface area contributed by atoms with Crippen molar-refractivity contribution in [2.75, 3.05) is 23.8 Å². The Morgan fingerprint density at radius 3 is 2.50 bits per heavy atom. The highest BCUT2D eigenvalue weighted by Gasteiger charge is 2.09. The van der Waals surface area contributed by atoms with E-state index >= 15 is 0 Å². The van der Waals surface area contributed by atoms with Crippen LogP contribution in [-0.4, -0.2) is 19.3 Å². The van der Waals surface area contributed by atoms with Crippen LogP contribution in [0, 0.1) is 0 Å². The number of amides is 1. The first-order chi connectivity index (χ1) is 12.6. The number of rotatable bonds is 9. The fourth-order valence-electron chi connectivity index (χ4n) is 2.34. The van der Waals surface area contributed by atoms with E-state index in [9.17, 15) is 4.79 Å². The number of halogens is 1. The number of carbonyl (C=O) groups excluding carboxylic acids is 1. The highest BCUT2D eigenvalue weighted by atomic mass is 35.5. The molecule has 0 aliphatic carbocycles. The third-order valence-electron chi connectivity index (χ3n) is 3.64. The van der Waals surface area contributed by atoms with Crippen molar-refractivity contribution in [2.45, 2.75) is 33.1 Å². The Labute approximate surface area is 159 Å². The monoisotopic (exact) mass is 376 g/mol. The van der Waals surface area contributed by atoms with Crippen LogP contribution in [0.25, 0.3) is 0 Å². The molecule has 0 saturated heterocycles. The van der Waals surface area contributed by atoms with Gasteiger partial charge in [0, 0.05) is 10.7 Å². The lowest BCUT2D eigenvalue weighted by atomic mass is 10.2. The molecule has 0 aromatic heterocycles. The first-order valence-corrected chi connectivity index (χ1v) is 9.23. The smallest absolute Gasteiger partial charge is 0.411 e. The number of ether oxygens (including phenoxy) is 2. The van der Waals surface area contributed by atoms with Crippen molar-refractivity contribution in [3.63, 3.8) is 0 Å². The van der Waals surface area contributed by atoms with E-state index in [1.165, 1.54) is 12.8 Å². The molecule has 0 radical (unpaired) electrons. The van der Waals surface area contributed by atoms with Crippen LogP contribution in [0.15, 0.2) is 42.5 Å². The lowest BCUT2D eigenvalue weighted by molar-refractivity contribution is 0.168. The molecule has 0 aliphatic heterocycles. The molecule has 0 aliphatic rings. The van der Waals surface area contributed by atoms with Crippen LogP contribution in [0.2, 0.25) is 5.02 Å². The number of nitrogens with one attached hydrogen (secondary N) is 2. The van der Waals surface area contributed by atoms with Crippen LogP contribution in [0.4, 0.5) is 21.9 Å². The Balaban J connectivity index is 2.03. The van der Waals surface area contributed by atoms with E-state index in [4.69, 9.17) is 21.1 Å². The van der Waals surface area contributed by atoms with E-state index in [0.717, 1.165) is 24.5 Å². The molecule has 0 fully saturated rings. The van der Waals surface area contributed by atoms with Gasteiger partial charge < -0.3 is 14.8 Å². The molecule has 0 spiro atoms. The maximum absolute atomic E-state index is 11.7. The average Bonchev–Trinajstić information content (AvgIpc) is 2.63. The predicted octanol–water partition coefficient (Wildman–Crippen LogP) is 6.22. The van der Waals surface area contributed by atoms with Crippen LogP contribution >= 0.6 is 11.6 Å². The van der Waals surface area contributed by atoms with Gasteiger partial charge in [-0.2, -0.15) is 0 Å². The normalized spacial score (nSPS) is 10.3. The zero-order chi connectivity index (χ0) is 18.8. The van der Waals surface area contributed by atoms with Gasteiger partial charge in [-0.15, -0.1) is 0 Å². The topological polar surface area (TPSA) is 59.6 Å². The number of benzene rings is 2. The van der Waals surface area contributed by atoms with E-state index < -0.39 is 6.09 Å². The molecule has 2 rings (SSSR count). The van der Waals surface area contributed by atoms with Crippen molar-refractivity contribution in [2.24, 2.45) is 0 Å². The second kappa shape index (κ2) is 10.6. The summed E-state index contributed by atoms with van der Waals surface area (Å²) in [5.74, 6) is 0.836. The third kappa shape index (κ3) is 6.48. The van der Waals surface area contributed by atoms with Crippen molar-refractivity contribution in [1.82, 2.24) is 0 Å². The number of hydrogen-bond acceptors (Lipinski definition) is 4. The van der Waals surface area contributed by atoms with Crippen LogP contribution in [0.3, 0.4) is 0 Å². The second-order valence-electron chi connectivity index (χ2n) is 5.74. The van der Waals surface area contributed by atoms with Crippen molar-refractivity contribution < 1.29 is 14.3 Å². The largest absolute Gasteiger partial charge is 0.494 e. The highest BCUT2D eigenvalue weighted by Crippen LogP contribution is 2.29. The van der Waals surface area contributed by atoms with Crippen LogP contribution in [0.1, 0.15) is 33.1 Å². The Morgan fingerprint density at radius 2 is 1.81 bits per heavy atom. The molecule has 0 atom stereocenters. The Bertz CT molecular complexity index is 705. The van der Waals surface area contributed by atoms with E-state index in [-0.39, 0.29) is 0 Å². The summed E-state index contributed by atoms with van der Waals surface area (Å²) >= 11 is 6.08. The minimum absolute atomic E-state index is 0.307. The third-order valence-corrected chi connectivity index (χ3v) is 3.88. The molecule has 1 amide bonds. The molecule has 2 aromatic rings. The van der Waals surface area contributed by atoms with Gasteiger partial charge in [0.05, 0.1) is 24.6 Å². The fraction of sp³-hybridized carbons (Fsp3) is 0.350.